The minimum Gasteiger partial charge on any atom is -0.335 e. The summed E-state index contributed by atoms with van der Waals surface area (Å²) in [4.78, 5) is 30.1. The summed E-state index contributed by atoms with van der Waals surface area (Å²) in [5, 5.41) is 3.42. The molecule has 0 aliphatic carbocycles. The maximum absolute atomic E-state index is 12.5. The van der Waals surface area contributed by atoms with Crippen molar-refractivity contribution < 1.29 is 4.79 Å². The number of nitrogens with zero attached hydrogens (tertiary/aromatic N) is 3. The third kappa shape index (κ3) is 2.62. The Morgan fingerprint density at radius 2 is 2.04 bits per heavy atom. The normalized spacial score (nSPS) is 11.3. The summed E-state index contributed by atoms with van der Waals surface area (Å²) in [7, 11) is 0. The van der Waals surface area contributed by atoms with E-state index in [1.54, 1.807) is 13.0 Å². The average molecular weight is 352 g/mol. The number of amides is 1. The first-order chi connectivity index (χ1) is 12.0. The van der Waals surface area contributed by atoms with Crippen LogP contribution in [0.2, 0.25) is 0 Å². The second-order valence-electron chi connectivity index (χ2n) is 5.90. The first-order valence-corrected chi connectivity index (χ1v) is 8.74. The number of nitrogens with one attached hydrogen (secondary N) is 1. The van der Waals surface area contributed by atoms with Crippen molar-refractivity contribution in [3.05, 3.63) is 63.7 Å². The van der Waals surface area contributed by atoms with Crippen molar-refractivity contribution in [1.29, 1.82) is 0 Å². The van der Waals surface area contributed by atoms with Crippen LogP contribution in [0.5, 0.6) is 0 Å². The van der Waals surface area contributed by atoms with Gasteiger partial charge in [0.2, 0.25) is 0 Å². The van der Waals surface area contributed by atoms with Crippen molar-refractivity contribution >= 4 is 38.4 Å². The Morgan fingerprint density at radius 3 is 2.88 bits per heavy atom. The molecule has 1 amide bonds. The van der Waals surface area contributed by atoms with Gasteiger partial charge in [-0.2, -0.15) is 0 Å². The number of rotatable bonds is 3. The lowest BCUT2D eigenvalue weighted by Gasteiger charge is -2.13. The van der Waals surface area contributed by atoms with Crippen LogP contribution in [0.25, 0.3) is 21.1 Å². The highest BCUT2D eigenvalue weighted by atomic mass is 32.1. The van der Waals surface area contributed by atoms with Crippen LogP contribution in [-0.2, 0) is 11.3 Å². The number of para-hydroxylation sites is 1. The van der Waals surface area contributed by atoms with E-state index in [2.05, 4.69) is 10.4 Å². The molecule has 0 radical (unpaired) electrons. The molecule has 4 aromatic rings. The lowest BCUT2D eigenvalue weighted by molar-refractivity contribution is -0.117. The summed E-state index contributed by atoms with van der Waals surface area (Å²) in [6, 6.07) is 11.7. The Balaban J connectivity index is 1.67. The van der Waals surface area contributed by atoms with E-state index in [4.69, 9.17) is 0 Å². The molecule has 3 aromatic heterocycles. The van der Waals surface area contributed by atoms with Gasteiger partial charge >= 0.3 is 0 Å². The molecule has 0 saturated carbocycles. The first kappa shape index (κ1) is 15.6. The van der Waals surface area contributed by atoms with Gasteiger partial charge in [0.15, 0.2) is 0 Å². The van der Waals surface area contributed by atoms with E-state index in [0.717, 1.165) is 16.6 Å². The fourth-order valence-corrected chi connectivity index (χ4v) is 3.81. The molecule has 0 bridgehead atoms. The van der Waals surface area contributed by atoms with Crippen LogP contribution in [0.15, 0.2) is 46.6 Å². The van der Waals surface area contributed by atoms with Crippen molar-refractivity contribution in [3.63, 3.8) is 0 Å². The summed E-state index contributed by atoms with van der Waals surface area (Å²) in [6.07, 6.45) is 0. The quantitative estimate of drug-likeness (QED) is 0.616. The van der Waals surface area contributed by atoms with Crippen LogP contribution in [0.4, 0.5) is 0 Å². The number of aryl methyl sites for hydroxylation is 2. The molecule has 6 nitrogen and oxygen atoms in total. The van der Waals surface area contributed by atoms with Crippen LogP contribution in [0.1, 0.15) is 11.5 Å². The van der Waals surface area contributed by atoms with Crippen LogP contribution in [0, 0.1) is 13.8 Å². The molecular weight excluding hydrogens is 336 g/mol. The van der Waals surface area contributed by atoms with Crippen molar-refractivity contribution in [2.75, 3.05) is 5.43 Å². The highest BCUT2D eigenvalue weighted by Crippen LogP contribution is 2.19. The minimum atomic E-state index is -0.272. The number of carbonyl (C=O) groups is 1. The van der Waals surface area contributed by atoms with Crippen LogP contribution in [-0.4, -0.2) is 20.1 Å². The van der Waals surface area contributed by atoms with E-state index >= 15 is 0 Å². The second-order valence-corrected chi connectivity index (χ2v) is 6.80. The molecule has 0 fully saturated rings. The lowest BCUT2D eigenvalue weighted by Crippen LogP contribution is -2.36. The summed E-state index contributed by atoms with van der Waals surface area (Å²) in [5.74, 6) is 0.188. The van der Waals surface area contributed by atoms with E-state index in [1.165, 1.54) is 16.0 Å². The Morgan fingerprint density at radius 1 is 1.24 bits per heavy atom. The Bertz CT molecular complexity index is 1170. The predicted molar refractivity (Wildman–Crippen MR) is 99.7 cm³/mol. The molecule has 126 valence electrons. The molecule has 0 aliphatic rings. The highest BCUT2D eigenvalue weighted by Gasteiger charge is 2.13. The van der Waals surface area contributed by atoms with E-state index in [-0.39, 0.29) is 18.0 Å². The van der Waals surface area contributed by atoms with Gasteiger partial charge in [-0.25, -0.2) is 9.66 Å². The number of hydrogen-bond acceptors (Lipinski definition) is 4. The van der Waals surface area contributed by atoms with Gasteiger partial charge in [0.1, 0.15) is 17.2 Å². The smallest absolute Gasteiger partial charge is 0.281 e. The van der Waals surface area contributed by atoms with E-state index in [1.807, 2.05) is 47.2 Å². The Hall–Kier alpha value is -2.93. The largest absolute Gasteiger partial charge is 0.335 e. The molecule has 0 aliphatic heterocycles. The van der Waals surface area contributed by atoms with Gasteiger partial charge in [0.05, 0.1) is 5.39 Å². The van der Waals surface area contributed by atoms with E-state index in [9.17, 15) is 9.59 Å². The minimum absolute atomic E-state index is 0.132. The summed E-state index contributed by atoms with van der Waals surface area (Å²) in [6.45, 7) is 3.80. The average Bonchev–Trinajstić information content (AvgIpc) is 3.16. The number of thiophene rings is 1. The summed E-state index contributed by atoms with van der Waals surface area (Å²) < 4.78 is 3.15. The number of hydrogen-bond donors (Lipinski definition) is 1. The SMILES string of the molecule is Cc1nc2sccc2c(=O)n1NC(=O)Cn1c(C)cc2ccccc21. The highest BCUT2D eigenvalue weighted by molar-refractivity contribution is 7.16. The monoisotopic (exact) mass is 352 g/mol. The zero-order valence-electron chi connectivity index (χ0n) is 13.8. The Kier molecular flexibility index (Phi) is 3.65. The topological polar surface area (TPSA) is 68.9 Å². The number of aromatic nitrogens is 3. The van der Waals surface area contributed by atoms with Gasteiger partial charge in [-0.05, 0) is 42.8 Å². The molecule has 4 rings (SSSR count). The van der Waals surface area contributed by atoms with E-state index < -0.39 is 0 Å². The third-order valence-corrected chi connectivity index (χ3v) is 5.03. The molecule has 0 atom stereocenters. The fourth-order valence-electron chi connectivity index (χ4n) is 3.01. The van der Waals surface area contributed by atoms with Crippen LogP contribution < -0.4 is 11.0 Å². The number of benzene rings is 1. The zero-order valence-corrected chi connectivity index (χ0v) is 14.6. The van der Waals surface area contributed by atoms with Crippen molar-refractivity contribution in [3.8, 4) is 0 Å². The van der Waals surface area contributed by atoms with Gasteiger partial charge in [-0.3, -0.25) is 15.0 Å². The third-order valence-electron chi connectivity index (χ3n) is 4.22. The maximum Gasteiger partial charge on any atom is 0.281 e. The van der Waals surface area contributed by atoms with Crippen LogP contribution in [0.3, 0.4) is 0 Å². The maximum atomic E-state index is 12.5. The molecule has 1 N–H and O–H groups in total. The van der Waals surface area contributed by atoms with Gasteiger partial charge < -0.3 is 4.57 Å². The van der Waals surface area contributed by atoms with Crippen LogP contribution >= 0.6 is 11.3 Å². The molecule has 1 aromatic carbocycles. The van der Waals surface area contributed by atoms with Gasteiger partial charge in [0, 0.05) is 11.2 Å². The molecule has 3 heterocycles. The fraction of sp³-hybridized carbons (Fsp3) is 0.167. The molecular formula is C18H16N4O2S. The second kappa shape index (κ2) is 5.86. The van der Waals surface area contributed by atoms with Gasteiger partial charge in [-0.15, -0.1) is 11.3 Å². The summed E-state index contributed by atoms with van der Waals surface area (Å²) >= 11 is 1.41. The lowest BCUT2D eigenvalue weighted by atomic mass is 10.2. The van der Waals surface area contributed by atoms with Gasteiger partial charge in [0.25, 0.3) is 11.5 Å². The van der Waals surface area contributed by atoms with Gasteiger partial charge in [-0.1, -0.05) is 18.2 Å². The zero-order chi connectivity index (χ0) is 17.6. The molecule has 0 saturated heterocycles. The Labute approximate surface area is 147 Å². The number of carbonyl (C=O) groups excluding carboxylic acids is 1. The molecule has 25 heavy (non-hydrogen) atoms. The predicted octanol–water partition coefficient (Wildman–Crippen LogP) is 2.80. The number of fused-ring (bicyclic) bond motifs is 2. The molecule has 0 spiro atoms. The first-order valence-electron chi connectivity index (χ1n) is 7.86. The van der Waals surface area contributed by atoms with Crippen molar-refractivity contribution in [2.45, 2.75) is 20.4 Å². The summed E-state index contributed by atoms with van der Waals surface area (Å²) in [5.41, 5.74) is 4.40. The standard InChI is InChI=1S/C18H16N4O2S/c1-11-9-13-5-3-4-6-15(13)21(11)10-16(23)20-22-12(2)19-17-14(18(22)24)7-8-25-17/h3-9H,10H2,1-2H3,(H,20,23). The van der Waals surface area contributed by atoms with Crippen molar-refractivity contribution in [2.24, 2.45) is 0 Å². The molecule has 0 unspecified atom stereocenters. The molecule has 7 heteroatoms. The van der Waals surface area contributed by atoms with E-state index in [0.29, 0.717) is 16.0 Å². The van der Waals surface area contributed by atoms with Crippen molar-refractivity contribution in [1.82, 2.24) is 14.2 Å².